The van der Waals surface area contributed by atoms with Crippen LogP contribution >= 0.6 is 0 Å². The molecule has 0 aliphatic carbocycles. The van der Waals surface area contributed by atoms with Gasteiger partial charge in [-0.1, -0.05) is 0 Å². The quantitative estimate of drug-likeness (QED) is 0.764. The zero-order valence-corrected chi connectivity index (χ0v) is 14.8. The van der Waals surface area contributed by atoms with Crippen molar-refractivity contribution in [3.63, 3.8) is 0 Å². The number of likely N-dealkylation sites (tertiary alicyclic amines) is 2. The molecule has 142 valence electrons. The molecular weight excluding hydrogens is 346 g/mol. The van der Waals surface area contributed by atoms with E-state index in [1.54, 1.807) is 12.0 Å². The number of rotatable bonds is 6. The Morgan fingerprint density at radius 3 is 2.50 bits per heavy atom. The van der Waals surface area contributed by atoms with Gasteiger partial charge in [-0.05, 0) is 6.42 Å². The van der Waals surface area contributed by atoms with Crippen molar-refractivity contribution in [2.24, 2.45) is 0 Å². The van der Waals surface area contributed by atoms with E-state index in [4.69, 9.17) is 9.47 Å². The Morgan fingerprint density at radius 1 is 1.19 bits per heavy atom. The van der Waals surface area contributed by atoms with Gasteiger partial charge in [0.1, 0.15) is 23.4 Å². The lowest BCUT2D eigenvalue weighted by atomic mass is 9.97. The van der Waals surface area contributed by atoms with Crippen molar-refractivity contribution in [3.8, 4) is 5.75 Å². The Kier molecular flexibility index (Phi) is 5.41. The second kappa shape index (κ2) is 7.57. The van der Waals surface area contributed by atoms with Crippen LogP contribution in [-0.2, 0) is 14.3 Å². The highest BCUT2D eigenvalue weighted by Gasteiger charge is 2.43. The Labute approximate surface area is 150 Å². The zero-order valence-electron chi connectivity index (χ0n) is 14.8. The number of hydrogen-bond acceptors (Lipinski definition) is 4. The minimum absolute atomic E-state index is 0.0119. The second-order valence-corrected chi connectivity index (χ2v) is 6.57. The van der Waals surface area contributed by atoms with E-state index < -0.39 is 23.6 Å². The summed E-state index contributed by atoms with van der Waals surface area (Å²) in [4.78, 5) is 28.1. The van der Waals surface area contributed by atoms with Crippen LogP contribution in [0.15, 0.2) is 12.1 Å². The Hall–Kier alpha value is -2.22. The van der Waals surface area contributed by atoms with E-state index in [1.807, 2.05) is 0 Å². The maximum absolute atomic E-state index is 14.3. The SMILES string of the molecule is COCCN1CCC(N2CC(c3c(F)cc(OC)cc3F)CC2=O)C1=O. The van der Waals surface area contributed by atoms with E-state index in [9.17, 15) is 18.4 Å². The number of hydrogen-bond donors (Lipinski definition) is 0. The molecule has 0 spiro atoms. The summed E-state index contributed by atoms with van der Waals surface area (Å²) in [6, 6.07) is 1.66. The van der Waals surface area contributed by atoms with Crippen LogP contribution in [0.25, 0.3) is 0 Å². The molecule has 2 heterocycles. The fraction of sp³-hybridized carbons (Fsp3) is 0.556. The summed E-state index contributed by atoms with van der Waals surface area (Å²) in [6.45, 7) is 1.58. The van der Waals surface area contributed by atoms with Crippen molar-refractivity contribution in [1.82, 2.24) is 9.80 Å². The number of nitrogens with zero attached hydrogens (tertiary/aromatic N) is 2. The van der Waals surface area contributed by atoms with Crippen LogP contribution in [0.5, 0.6) is 5.75 Å². The number of benzene rings is 1. The van der Waals surface area contributed by atoms with Gasteiger partial charge in [0.25, 0.3) is 0 Å². The topological polar surface area (TPSA) is 59.1 Å². The summed E-state index contributed by atoms with van der Waals surface area (Å²) in [5.74, 6) is -2.39. The van der Waals surface area contributed by atoms with Crippen molar-refractivity contribution < 1.29 is 27.8 Å². The first-order chi connectivity index (χ1) is 12.5. The largest absolute Gasteiger partial charge is 0.497 e. The molecule has 1 aromatic rings. The minimum atomic E-state index is -0.735. The monoisotopic (exact) mass is 368 g/mol. The lowest BCUT2D eigenvalue weighted by Crippen LogP contribution is -2.43. The van der Waals surface area contributed by atoms with E-state index in [0.717, 1.165) is 12.1 Å². The highest BCUT2D eigenvalue weighted by molar-refractivity contribution is 5.90. The number of carbonyl (C=O) groups excluding carboxylic acids is 2. The molecule has 2 aliphatic rings. The summed E-state index contributed by atoms with van der Waals surface area (Å²) in [7, 11) is 2.89. The maximum Gasteiger partial charge on any atom is 0.245 e. The van der Waals surface area contributed by atoms with Crippen molar-refractivity contribution in [3.05, 3.63) is 29.3 Å². The predicted molar refractivity (Wildman–Crippen MR) is 88.8 cm³/mol. The molecule has 0 aromatic heterocycles. The van der Waals surface area contributed by atoms with Gasteiger partial charge in [0, 0.05) is 56.8 Å². The third-order valence-electron chi connectivity index (χ3n) is 5.07. The van der Waals surface area contributed by atoms with Crippen LogP contribution in [0, 0.1) is 11.6 Å². The van der Waals surface area contributed by atoms with Crippen LogP contribution < -0.4 is 4.74 Å². The first-order valence-electron chi connectivity index (χ1n) is 8.56. The van der Waals surface area contributed by atoms with E-state index in [2.05, 4.69) is 0 Å². The average molecular weight is 368 g/mol. The molecule has 2 atom stereocenters. The van der Waals surface area contributed by atoms with Gasteiger partial charge in [0.05, 0.1) is 13.7 Å². The normalized spacial score (nSPS) is 23.2. The van der Waals surface area contributed by atoms with Gasteiger partial charge in [-0.2, -0.15) is 0 Å². The highest BCUT2D eigenvalue weighted by atomic mass is 19.1. The summed E-state index contributed by atoms with van der Waals surface area (Å²) in [5, 5.41) is 0. The van der Waals surface area contributed by atoms with Gasteiger partial charge in [0.15, 0.2) is 0 Å². The molecule has 2 amide bonds. The summed E-state index contributed by atoms with van der Waals surface area (Å²) in [6.07, 6.45) is 0.511. The van der Waals surface area contributed by atoms with Gasteiger partial charge < -0.3 is 19.3 Å². The van der Waals surface area contributed by atoms with Gasteiger partial charge in [0.2, 0.25) is 11.8 Å². The predicted octanol–water partition coefficient (Wildman–Crippen LogP) is 1.54. The molecule has 1 aromatic carbocycles. The highest BCUT2D eigenvalue weighted by Crippen LogP contribution is 2.36. The summed E-state index contributed by atoms with van der Waals surface area (Å²) >= 11 is 0. The number of methoxy groups -OCH3 is 2. The fourth-order valence-corrected chi connectivity index (χ4v) is 3.73. The minimum Gasteiger partial charge on any atom is -0.497 e. The first-order valence-corrected chi connectivity index (χ1v) is 8.56. The Bertz CT molecular complexity index is 689. The molecular formula is C18H22F2N2O4. The smallest absolute Gasteiger partial charge is 0.245 e. The van der Waals surface area contributed by atoms with E-state index >= 15 is 0 Å². The number of halogens is 2. The van der Waals surface area contributed by atoms with Crippen molar-refractivity contribution in [1.29, 1.82) is 0 Å². The molecule has 0 radical (unpaired) electrons. The van der Waals surface area contributed by atoms with Crippen LogP contribution in [0.3, 0.4) is 0 Å². The van der Waals surface area contributed by atoms with Crippen LogP contribution in [0.1, 0.15) is 24.3 Å². The van der Waals surface area contributed by atoms with Gasteiger partial charge >= 0.3 is 0 Å². The fourth-order valence-electron chi connectivity index (χ4n) is 3.73. The molecule has 26 heavy (non-hydrogen) atoms. The molecule has 3 rings (SSSR count). The standard InChI is InChI=1S/C18H22F2N2O4/c1-25-6-5-21-4-3-15(18(21)24)22-10-11(7-16(22)23)17-13(19)8-12(26-2)9-14(17)20/h8-9,11,15H,3-7,10H2,1-2H3. The molecule has 0 N–H and O–H groups in total. The van der Waals surface area contributed by atoms with Gasteiger partial charge in [-0.3, -0.25) is 9.59 Å². The zero-order chi connectivity index (χ0) is 18.8. The molecule has 2 saturated heterocycles. The van der Waals surface area contributed by atoms with Crippen molar-refractivity contribution >= 4 is 11.8 Å². The number of ether oxygens (including phenoxy) is 2. The molecule has 0 bridgehead atoms. The molecule has 8 heteroatoms. The number of carbonyl (C=O) groups is 2. The van der Waals surface area contributed by atoms with Crippen LogP contribution in [0.2, 0.25) is 0 Å². The summed E-state index contributed by atoms with van der Waals surface area (Å²) in [5.41, 5.74) is -0.122. The van der Waals surface area contributed by atoms with Gasteiger partial charge in [-0.25, -0.2) is 8.78 Å². The first kappa shape index (κ1) is 18.6. The van der Waals surface area contributed by atoms with Crippen molar-refractivity contribution in [2.75, 3.05) is 40.5 Å². The average Bonchev–Trinajstić information content (AvgIpc) is 3.15. The lowest BCUT2D eigenvalue weighted by molar-refractivity contribution is -0.139. The van der Waals surface area contributed by atoms with Crippen molar-refractivity contribution in [2.45, 2.75) is 24.8 Å². The Balaban J connectivity index is 1.75. The molecule has 6 nitrogen and oxygen atoms in total. The van der Waals surface area contributed by atoms with E-state index in [1.165, 1.54) is 12.0 Å². The molecule has 2 aliphatic heterocycles. The lowest BCUT2D eigenvalue weighted by Gasteiger charge is -2.24. The molecule has 2 fully saturated rings. The van der Waals surface area contributed by atoms with Crippen LogP contribution in [0.4, 0.5) is 8.78 Å². The number of amides is 2. The van der Waals surface area contributed by atoms with Crippen LogP contribution in [-0.4, -0.2) is 68.1 Å². The van der Waals surface area contributed by atoms with E-state index in [-0.39, 0.29) is 36.1 Å². The second-order valence-electron chi connectivity index (χ2n) is 6.57. The maximum atomic E-state index is 14.3. The Morgan fingerprint density at radius 2 is 1.88 bits per heavy atom. The molecule has 0 saturated carbocycles. The van der Waals surface area contributed by atoms with Gasteiger partial charge in [-0.15, -0.1) is 0 Å². The third kappa shape index (κ3) is 3.38. The third-order valence-corrected chi connectivity index (χ3v) is 5.07. The summed E-state index contributed by atoms with van der Waals surface area (Å²) < 4.78 is 38.5. The van der Waals surface area contributed by atoms with E-state index in [0.29, 0.717) is 26.1 Å². The molecule has 2 unspecified atom stereocenters.